The number of carboxylic acid groups (broad SMARTS) is 1. The number of pyridine rings is 1. The van der Waals surface area contributed by atoms with Crippen LogP contribution in [0.2, 0.25) is 5.02 Å². The van der Waals surface area contributed by atoms with Crippen LogP contribution in [-0.4, -0.2) is 64.0 Å². The molecule has 4 aromatic rings. The zero-order valence-electron chi connectivity index (χ0n) is 25.1. The highest BCUT2D eigenvalue weighted by atomic mass is 35.5. The van der Waals surface area contributed by atoms with Gasteiger partial charge < -0.3 is 20.2 Å². The molecule has 2 amide bonds. The van der Waals surface area contributed by atoms with E-state index in [0.717, 1.165) is 16.7 Å². The van der Waals surface area contributed by atoms with Crippen LogP contribution < -0.4 is 5.32 Å². The molecule has 10 nitrogen and oxygen atoms in total. The van der Waals surface area contributed by atoms with Crippen LogP contribution in [0.25, 0.3) is 11.1 Å². The lowest BCUT2D eigenvalue weighted by Gasteiger charge is -2.38. The number of benzene rings is 3. The normalized spacial score (nSPS) is 16.9. The number of carboxylic acids is 1. The molecule has 0 unspecified atom stereocenters. The minimum Gasteiger partial charge on any atom is -0.478 e. The Balaban J connectivity index is 1.33. The fourth-order valence-corrected chi connectivity index (χ4v) is 6.16. The lowest BCUT2D eigenvalue weighted by Crippen LogP contribution is -2.48. The highest BCUT2D eigenvalue weighted by Crippen LogP contribution is 2.38. The van der Waals surface area contributed by atoms with Crippen LogP contribution in [0.4, 0.5) is 4.39 Å². The SMILES string of the molecule is CNC(=O)c1ccc(-c2cccc3c2CCN(C(=O)[C@H]2CC(c4cccc(Cl)c4F)=NO2)[C@@H]3C(=O)Cc2ccc(C(=O)O)cc2)cn1. The van der Waals surface area contributed by atoms with E-state index in [-0.39, 0.29) is 58.6 Å². The van der Waals surface area contributed by atoms with Crippen LogP contribution in [-0.2, 0) is 27.3 Å². The number of hydrogen-bond acceptors (Lipinski definition) is 7. The predicted molar refractivity (Wildman–Crippen MR) is 171 cm³/mol. The van der Waals surface area contributed by atoms with E-state index in [9.17, 15) is 28.7 Å². The smallest absolute Gasteiger partial charge is 0.335 e. The molecule has 0 saturated heterocycles. The van der Waals surface area contributed by atoms with Gasteiger partial charge in [-0.25, -0.2) is 9.18 Å². The summed E-state index contributed by atoms with van der Waals surface area (Å²) in [6.45, 7) is 0.182. The predicted octanol–water partition coefficient (Wildman–Crippen LogP) is 5.03. The van der Waals surface area contributed by atoms with Crippen molar-refractivity contribution in [1.29, 1.82) is 0 Å². The van der Waals surface area contributed by atoms with E-state index in [1.807, 2.05) is 6.07 Å². The molecule has 3 heterocycles. The van der Waals surface area contributed by atoms with E-state index >= 15 is 0 Å². The molecule has 0 bridgehead atoms. The Morgan fingerprint density at radius 1 is 1.02 bits per heavy atom. The first kappa shape index (κ1) is 31.6. The third-order valence-corrected chi connectivity index (χ3v) is 8.62. The number of nitrogens with one attached hydrogen (secondary N) is 1. The van der Waals surface area contributed by atoms with E-state index in [0.29, 0.717) is 17.5 Å². The van der Waals surface area contributed by atoms with Gasteiger partial charge in [-0.3, -0.25) is 19.4 Å². The number of aromatic nitrogens is 1. The average Bonchev–Trinajstić information content (AvgIpc) is 3.58. The highest BCUT2D eigenvalue weighted by Gasteiger charge is 2.42. The Bertz CT molecular complexity index is 1930. The Labute approximate surface area is 273 Å². The van der Waals surface area contributed by atoms with E-state index in [2.05, 4.69) is 15.5 Å². The quantitative estimate of drug-likeness (QED) is 0.272. The number of Topliss-reactive ketones (excluding diaryl/α,β-unsaturated/α-hetero) is 1. The molecule has 3 aromatic carbocycles. The lowest BCUT2D eigenvalue weighted by atomic mass is 9.83. The Morgan fingerprint density at radius 3 is 2.47 bits per heavy atom. The first-order chi connectivity index (χ1) is 22.7. The van der Waals surface area contributed by atoms with Gasteiger partial charge in [0, 0.05) is 43.8 Å². The summed E-state index contributed by atoms with van der Waals surface area (Å²) in [5.41, 5.74) is 4.35. The zero-order chi connectivity index (χ0) is 33.2. The molecule has 47 heavy (non-hydrogen) atoms. The summed E-state index contributed by atoms with van der Waals surface area (Å²) in [6.07, 6.45) is 0.842. The van der Waals surface area contributed by atoms with Gasteiger partial charge in [0.25, 0.3) is 11.8 Å². The molecule has 2 aliphatic rings. The lowest BCUT2D eigenvalue weighted by molar-refractivity contribution is -0.149. The van der Waals surface area contributed by atoms with Gasteiger partial charge in [-0.1, -0.05) is 59.2 Å². The van der Waals surface area contributed by atoms with Gasteiger partial charge in [-0.2, -0.15) is 0 Å². The monoisotopic (exact) mass is 654 g/mol. The van der Waals surface area contributed by atoms with Crippen molar-refractivity contribution in [1.82, 2.24) is 15.2 Å². The van der Waals surface area contributed by atoms with E-state index in [1.165, 1.54) is 36.2 Å². The van der Waals surface area contributed by atoms with Gasteiger partial charge in [0.15, 0.2) is 11.6 Å². The van der Waals surface area contributed by atoms with Crippen molar-refractivity contribution in [3.8, 4) is 11.1 Å². The summed E-state index contributed by atoms with van der Waals surface area (Å²) in [7, 11) is 1.52. The number of hydrogen-bond donors (Lipinski definition) is 2. The number of carbonyl (C=O) groups is 4. The summed E-state index contributed by atoms with van der Waals surface area (Å²) in [5.74, 6) is -2.82. The van der Waals surface area contributed by atoms with Crippen LogP contribution >= 0.6 is 11.6 Å². The number of aromatic carboxylic acids is 1. The number of ketones is 1. The fourth-order valence-electron chi connectivity index (χ4n) is 5.98. The minimum absolute atomic E-state index is 0.0135. The fraction of sp³-hybridized carbons (Fsp3) is 0.200. The van der Waals surface area contributed by atoms with Crippen LogP contribution in [0.15, 0.2) is 84.1 Å². The van der Waals surface area contributed by atoms with Crippen molar-refractivity contribution in [2.75, 3.05) is 13.6 Å². The Hall–Kier alpha value is -5.42. The number of fused-ring (bicyclic) bond motifs is 1. The van der Waals surface area contributed by atoms with Gasteiger partial charge in [0.05, 0.1) is 16.3 Å². The average molecular weight is 655 g/mol. The topological polar surface area (TPSA) is 138 Å². The van der Waals surface area contributed by atoms with Crippen LogP contribution in [0.5, 0.6) is 0 Å². The molecule has 12 heteroatoms. The van der Waals surface area contributed by atoms with E-state index < -0.39 is 29.8 Å². The summed E-state index contributed by atoms with van der Waals surface area (Å²) in [6, 6.07) is 18.4. The van der Waals surface area contributed by atoms with Crippen LogP contribution in [0.3, 0.4) is 0 Å². The van der Waals surface area contributed by atoms with Gasteiger partial charge >= 0.3 is 5.97 Å². The summed E-state index contributed by atoms with van der Waals surface area (Å²) >= 11 is 5.96. The Morgan fingerprint density at radius 2 is 1.77 bits per heavy atom. The summed E-state index contributed by atoms with van der Waals surface area (Å²) in [4.78, 5) is 62.9. The molecule has 2 aliphatic heterocycles. The zero-order valence-corrected chi connectivity index (χ0v) is 25.8. The second-order valence-corrected chi connectivity index (χ2v) is 11.6. The maximum absolute atomic E-state index is 14.7. The maximum Gasteiger partial charge on any atom is 0.335 e. The highest BCUT2D eigenvalue weighted by molar-refractivity contribution is 6.31. The number of halogens is 2. The Kier molecular flexibility index (Phi) is 8.82. The van der Waals surface area contributed by atoms with Crippen LogP contribution in [0.1, 0.15) is 55.6 Å². The second-order valence-electron chi connectivity index (χ2n) is 11.2. The molecular weight excluding hydrogens is 627 g/mol. The van der Waals surface area contributed by atoms with Crippen molar-refractivity contribution in [3.63, 3.8) is 0 Å². The molecule has 1 aromatic heterocycles. The molecule has 0 fully saturated rings. The van der Waals surface area contributed by atoms with Crippen molar-refractivity contribution in [3.05, 3.63) is 123 Å². The third kappa shape index (κ3) is 6.22. The molecule has 6 rings (SSSR count). The number of carbonyl (C=O) groups excluding carboxylic acids is 3. The molecule has 2 atom stereocenters. The molecule has 0 spiro atoms. The first-order valence-electron chi connectivity index (χ1n) is 14.8. The van der Waals surface area contributed by atoms with E-state index in [1.54, 1.807) is 48.7 Å². The number of amides is 2. The van der Waals surface area contributed by atoms with Crippen molar-refractivity contribution in [2.45, 2.75) is 31.4 Å². The molecule has 0 radical (unpaired) electrons. The van der Waals surface area contributed by atoms with Crippen molar-refractivity contribution < 1.29 is 33.5 Å². The van der Waals surface area contributed by atoms with Gasteiger partial charge in [-0.15, -0.1) is 0 Å². The summed E-state index contributed by atoms with van der Waals surface area (Å²) in [5, 5.41) is 15.7. The molecule has 0 saturated carbocycles. The number of nitrogens with zero attached hydrogens (tertiary/aromatic N) is 3. The number of oxime groups is 1. The largest absolute Gasteiger partial charge is 0.478 e. The standard InChI is InChI=1S/C35H28ClFN4O6/c1-38-33(43)27-13-12-21(18-39-27)22-4-2-5-24-23(22)14-15-41(32(24)29(42)16-19-8-10-20(11-9-19)35(45)46)34(44)30-17-28(40-47-30)25-6-3-7-26(36)31(25)37/h2-13,18,30,32H,14-17H2,1H3,(H,38,43)(H,45,46)/t30-,32+/m1/s1. The molecule has 238 valence electrons. The molecule has 2 N–H and O–H groups in total. The first-order valence-corrected chi connectivity index (χ1v) is 15.2. The molecular formula is C35H28ClFN4O6. The summed E-state index contributed by atoms with van der Waals surface area (Å²) < 4.78 is 14.7. The minimum atomic E-state index is -1.08. The molecule has 0 aliphatic carbocycles. The second kappa shape index (κ2) is 13.1. The third-order valence-electron chi connectivity index (χ3n) is 8.33. The maximum atomic E-state index is 14.7. The van der Waals surface area contributed by atoms with Gasteiger partial charge in [-0.05, 0) is 59.0 Å². The van der Waals surface area contributed by atoms with Gasteiger partial charge in [0.2, 0.25) is 6.10 Å². The number of rotatable bonds is 8. The van der Waals surface area contributed by atoms with Crippen molar-refractivity contribution in [2.24, 2.45) is 5.16 Å². The van der Waals surface area contributed by atoms with Crippen LogP contribution in [0, 0.1) is 5.82 Å². The van der Waals surface area contributed by atoms with E-state index in [4.69, 9.17) is 16.4 Å². The van der Waals surface area contributed by atoms with Crippen molar-refractivity contribution >= 4 is 40.9 Å². The van der Waals surface area contributed by atoms with Gasteiger partial charge in [0.1, 0.15) is 11.7 Å².